The number of hydrogen-bond donors (Lipinski definition) is 4. The standard InChI is InChI=1S/C24H7Cl5O8/c25-7-3-6(22(32)33)8-5(21(30)31)2-1-4-9(8)11(7)14-12-10(4)17(26)19(28)15(23(34)35)13(12)16(24(36)37)20(29)18(14)27/h1-3H,(H,30,31)(H,32,33)(H,34,35)(H,36,37). The molecule has 0 aliphatic heterocycles. The summed E-state index contributed by atoms with van der Waals surface area (Å²) in [5.74, 6) is -6.11. The van der Waals surface area contributed by atoms with Crippen molar-refractivity contribution in [1.29, 1.82) is 0 Å². The van der Waals surface area contributed by atoms with Gasteiger partial charge in [0.15, 0.2) is 0 Å². The summed E-state index contributed by atoms with van der Waals surface area (Å²) in [5, 5.41) is 37.2. The van der Waals surface area contributed by atoms with Gasteiger partial charge < -0.3 is 20.4 Å². The third-order valence-electron chi connectivity index (χ3n) is 6.16. The molecule has 5 aromatic rings. The highest BCUT2D eigenvalue weighted by atomic mass is 35.5. The average molecular weight is 601 g/mol. The van der Waals surface area contributed by atoms with Crippen molar-refractivity contribution in [2.24, 2.45) is 0 Å². The number of fused-ring (bicyclic) bond motifs is 2. The van der Waals surface area contributed by atoms with Crippen LogP contribution in [0.25, 0.3) is 43.1 Å². The van der Waals surface area contributed by atoms with Crippen molar-refractivity contribution >= 4 is 125 Å². The van der Waals surface area contributed by atoms with E-state index >= 15 is 0 Å². The lowest BCUT2D eigenvalue weighted by Crippen LogP contribution is -2.09. The van der Waals surface area contributed by atoms with Crippen molar-refractivity contribution in [2.45, 2.75) is 0 Å². The summed E-state index contributed by atoms with van der Waals surface area (Å²) in [6.07, 6.45) is 0. The molecule has 8 nitrogen and oxygen atoms in total. The molecule has 4 N–H and O–H groups in total. The number of carboxylic acids is 4. The molecule has 0 saturated heterocycles. The van der Waals surface area contributed by atoms with E-state index in [0.29, 0.717) is 0 Å². The lowest BCUT2D eigenvalue weighted by molar-refractivity contribution is 0.0681. The molecule has 0 fully saturated rings. The Bertz CT molecular complexity index is 1930. The Labute approximate surface area is 229 Å². The van der Waals surface area contributed by atoms with Gasteiger partial charge in [-0.25, -0.2) is 19.2 Å². The monoisotopic (exact) mass is 598 g/mol. The Morgan fingerprint density at radius 1 is 0.486 bits per heavy atom. The molecule has 0 saturated carbocycles. The van der Waals surface area contributed by atoms with Gasteiger partial charge in [0.25, 0.3) is 0 Å². The molecule has 0 amide bonds. The topological polar surface area (TPSA) is 149 Å². The van der Waals surface area contributed by atoms with Crippen molar-refractivity contribution in [2.75, 3.05) is 0 Å². The smallest absolute Gasteiger partial charge is 0.337 e. The zero-order chi connectivity index (χ0) is 27.2. The molecule has 13 heteroatoms. The number of carboxylic acid groups (broad SMARTS) is 4. The van der Waals surface area contributed by atoms with Crippen LogP contribution in [0.4, 0.5) is 0 Å². The first-order valence-corrected chi connectivity index (χ1v) is 11.8. The summed E-state index contributed by atoms with van der Waals surface area (Å²) in [6, 6.07) is 3.49. The Kier molecular flexibility index (Phi) is 5.74. The highest BCUT2D eigenvalue weighted by Gasteiger charge is 2.33. The van der Waals surface area contributed by atoms with E-state index < -0.39 is 50.6 Å². The second kappa shape index (κ2) is 8.37. The van der Waals surface area contributed by atoms with Crippen molar-refractivity contribution in [3.8, 4) is 0 Å². The SMILES string of the molecule is O=C(O)c1ccc2c3c(Cl)c(Cl)c(C(=O)O)c4c(C(=O)O)c(Cl)c(Cl)c(c5c(Cl)cc(C(=O)O)c1c25)c43. The predicted molar refractivity (Wildman–Crippen MR) is 141 cm³/mol. The second-order valence-corrected chi connectivity index (χ2v) is 9.84. The number of rotatable bonds is 4. The van der Waals surface area contributed by atoms with Crippen LogP contribution in [0.3, 0.4) is 0 Å². The first kappa shape index (κ1) is 25.4. The summed E-state index contributed by atoms with van der Waals surface area (Å²) in [5.41, 5.74) is -2.11. The fourth-order valence-electron chi connectivity index (χ4n) is 4.85. The van der Waals surface area contributed by atoms with Crippen molar-refractivity contribution in [3.05, 3.63) is 65.6 Å². The zero-order valence-electron chi connectivity index (χ0n) is 17.5. The molecule has 0 atom stereocenters. The molecule has 0 aliphatic rings. The van der Waals surface area contributed by atoms with Gasteiger partial charge >= 0.3 is 23.9 Å². The van der Waals surface area contributed by atoms with Crippen LogP contribution in [0.1, 0.15) is 41.4 Å². The molecule has 37 heavy (non-hydrogen) atoms. The largest absolute Gasteiger partial charge is 0.478 e. The summed E-state index contributed by atoms with van der Waals surface area (Å²) >= 11 is 32.4. The van der Waals surface area contributed by atoms with E-state index in [-0.39, 0.29) is 63.7 Å². The highest BCUT2D eigenvalue weighted by molar-refractivity contribution is 6.58. The van der Waals surface area contributed by atoms with Crippen molar-refractivity contribution in [3.63, 3.8) is 0 Å². The average Bonchev–Trinajstić information content (AvgIpc) is 2.81. The van der Waals surface area contributed by atoms with Crippen LogP contribution in [0.15, 0.2) is 18.2 Å². The van der Waals surface area contributed by atoms with Gasteiger partial charge in [-0.1, -0.05) is 64.1 Å². The van der Waals surface area contributed by atoms with Gasteiger partial charge in [-0.3, -0.25) is 0 Å². The maximum absolute atomic E-state index is 12.3. The van der Waals surface area contributed by atoms with Gasteiger partial charge in [0.2, 0.25) is 0 Å². The highest BCUT2D eigenvalue weighted by Crippen LogP contribution is 2.54. The predicted octanol–water partition coefficient (Wildman–Crippen LogP) is 7.80. The zero-order valence-corrected chi connectivity index (χ0v) is 21.3. The van der Waals surface area contributed by atoms with Crippen LogP contribution in [-0.2, 0) is 0 Å². The van der Waals surface area contributed by atoms with Gasteiger partial charge in [-0.2, -0.15) is 0 Å². The lowest BCUT2D eigenvalue weighted by atomic mass is 9.84. The minimum absolute atomic E-state index is 0.00998. The molecule has 0 bridgehead atoms. The first-order valence-electron chi connectivity index (χ1n) is 9.89. The molecule has 0 radical (unpaired) electrons. The normalized spacial score (nSPS) is 11.7. The molecule has 0 spiro atoms. The summed E-state index contributed by atoms with van der Waals surface area (Å²) < 4.78 is 0. The number of benzene rings is 5. The van der Waals surface area contributed by atoms with Crippen LogP contribution in [0, 0.1) is 0 Å². The maximum atomic E-state index is 12.3. The van der Waals surface area contributed by atoms with Gasteiger partial charge in [-0.05, 0) is 17.5 Å². The molecule has 0 aromatic heterocycles. The van der Waals surface area contributed by atoms with E-state index in [0.717, 1.165) is 12.1 Å². The summed E-state index contributed by atoms with van der Waals surface area (Å²) in [6.45, 7) is 0. The fraction of sp³-hybridized carbons (Fsp3) is 0. The van der Waals surface area contributed by atoms with E-state index in [1.807, 2.05) is 0 Å². The maximum Gasteiger partial charge on any atom is 0.337 e. The summed E-state index contributed by atoms with van der Waals surface area (Å²) in [7, 11) is 0. The number of carbonyl (C=O) groups is 4. The third-order valence-corrected chi connectivity index (χ3v) is 8.16. The molecule has 0 aliphatic carbocycles. The summed E-state index contributed by atoms with van der Waals surface area (Å²) in [4.78, 5) is 48.7. The molecular weight excluding hydrogens is 594 g/mol. The molecular formula is C24H7Cl5O8. The molecule has 5 aromatic carbocycles. The number of halogens is 5. The quantitative estimate of drug-likeness (QED) is 0.121. The van der Waals surface area contributed by atoms with Crippen LogP contribution in [0.5, 0.6) is 0 Å². The minimum Gasteiger partial charge on any atom is -0.478 e. The van der Waals surface area contributed by atoms with Crippen LogP contribution in [-0.4, -0.2) is 44.3 Å². The van der Waals surface area contributed by atoms with E-state index in [4.69, 9.17) is 58.0 Å². The van der Waals surface area contributed by atoms with E-state index in [1.54, 1.807) is 0 Å². The Morgan fingerprint density at radius 2 is 1.00 bits per heavy atom. The van der Waals surface area contributed by atoms with Crippen molar-refractivity contribution < 1.29 is 39.6 Å². The van der Waals surface area contributed by atoms with Gasteiger partial charge in [0.05, 0.1) is 42.3 Å². The van der Waals surface area contributed by atoms with Crippen LogP contribution < -0.4 is 0 Å². The number of hydrogen-bond acceptors (Lipinski definition) is 4. The molecule has 0 heterocycles. The molecule has 186 valence electrons. The molecule has 0 unspecified atom stereocenters. The second-order valence-electron chi connectivity index (χ2n) is 7.92. The van der Waals surface area contributed by atoms with Gasteiger partial charge in [0, 0.05) is 42.7 Å². The first-order chi connectivity index (χ1) is 17.3. The minimum atomic E-state index is -1.60. The van der Waals surface area contributed by atoms with Crippen molar-refractivity contribution in [1.82, 2.24) is 0 Å². The third kappa shape index (κ3) is 3.24. The van der Waals surface area contributed by atoms with Gasteiger partial charge in [-0.15, -0.1) is 0 Å². The molecule has 5 rings (SSSR count). The number of aromatic carboxylic acids is 4. The Morgan fingerprint density at radius 3 is 1.49 bits per heavy atom. The van der Waals surface area contributed by atoms with E-state index in [2.05, 4.69) is 0 Å². The lowest BCUT2D eigenvalue weighted by Gasteiger charge is -2.22. The van der Waals surface area contributed by atoms with E-state index in [9.17, 15) is 39.6 Å². The fourth-order valence-corrected chi connectivity index (χ4v) is 6.26. The van der Waals surface area contributed by atoms with Crippen LogP contribution >= 0.6 is 58.0 Å². The Balaban J connectivity index is 2.36. The van der Waals surface area contributed by atoms with Gasteiger partial charge in [0.1, 0.15) is 0 Å². The Hall–Kier alpha value is -3.27. The van der Waals surface area contributed by atoms with Crippen LogP contribution in [0.2, 0.25) is 25.1 Å². The van der Waals surface area contributed by atoms with E-state index in [1.165, 1.54) is 6.07 Å².